The minimum absolute atomic E-state index is 0.0536. The number of methoxy groups -OCH3 is 1. The third kappa shape index (κ3) is 3.52. The number of hydrogen-bond donors (Lipinski definition) is 1. The summed E-state index contributed by atoms with van der Waals surface area (Å²) >= 11 is 3.40. The van der Waals surface area contributed by atoms with Crippen molar-refractivity contribution in [1.82, 2.24) is 9.88 Å². The van der Waals surface area contributed by atoms with Gasteiger partial charge >= 0.3 is 5.97 Å². The van der Waals surface area contributed by atoms with Gasteiger partial charge in [0.25, 0.3) is 5.91 Å². The van der Waals surface area contributed by atoms with E-state index in [1.807, 2.05) is 12.1 Å². The van der Waals surface area contributed by atoms with Crippen LogP contribution in [-0.4, -0.2) is 54.5 Å². The van der Waals surface area contributed by atoms with E-state index < -0.39 is 5.97 Å². The molecule has 3 heterocycles. The molecule has 0 spiro atoms. The number of rotatable bonds is 3. The lowest BCUT2D eigenvalue weighted by Gasteiger charge is -2.32. The minimum Gasteiger partial charge on any atom is -0.482 e. The second kappa shape index (κ2) is 7.98. The van der Waals surface area contributed by atoms with Gasteiger partial charge < -0.3 is 19.4 Å². The number of carbonyl (C=O) groups is 3. The molecule has 1 aromatic heterocycles. The Morgan fingerprint density at radius 1 is 1.22 bits per heavy atom. The lowest BCUT2D eigenvalue weighted by molar-refractivity contribution is -0.132. The maximum absolute atomic E-state index is 13.2. The molecule has 2 aromatic carbocycles. The van der Waals surface area contributed by atoms with Gasteiger partial charge in [-0.1, -0.05) is 15.9 Å². The van der Waals surface area contributed by atoms with Gasteiger partial charge in [0, 0.05) is 46.1 Å². The molecule has 0 fully saturated rings. The Morgan fingerprint density at radius 3 is 2.88 bits per heavy atom. The smallest absolute Gasteiger partial charge is 0.337 e. The van der Waals surface area contributed by atoms with Crippen LogP contribution in [0, 0.1) is 0 Å². The molecular weight excluding hydrogens is 478 g/mol. The molecule has 2 amide bonds. The third-order valence-electron chi connectivity index (χ3n) is 5.91. The predicted octanol–water partition coefficient (Wildman–Crippen LogP) is 3.03. The number of fused-ring (bicyclic) bond motifs is 4. The van der Waals surface area contributed by atoms with Crippen molar-refractivity contribution in [2.75, 3.05) is 31.7 Å². The van der Waals surface area contributed by atoms with E-state index in [4.69, 9.17) is 9.47 Å². The molecule has 0 saturated heterocycles. The van der Waals surface area contributed by atoms with Gasteiger partial charge in [-0.3, -0.25) is 14.5 Å². The van der Waals surface area contributed by atoms with Crippen LogP contribution in [0.3, 0.4) is 0 Å². The number of anilines is 1. The number of nitrogens with zero attached hydrogens (tertiary/aromatic N) is 2. The molecule has 1 N–H and O–H groups in total. The van der Waals surface area contributed by atoms with Crippen molar-refractivity contribution >= 4 is 50.3 Å². The average Bonchev–Trinajstić information content (AvgIpc) is 3.17. The summed E-state index contributed by atoms with van der Waals surface area (Å²) in [5.74, 6) is -0.222. The van der Waals surface area contributed by atoms with Crippen LogP contribution in [0.2, 0.25) is 0 Å². The molecule has 0 radical (unpaired) electrons. The summed E-state index contributed by atoms with van der Waals surface area (Å²) in [4.78, 5) is 44.2. The van der Waals surface area contributed by atoms with Gasteiger partial charge in [-0.2, -0.15) is 0 Å². The fourth-order valence-corrected chi connectivity index (χ4v) is 4.60. The Balaban J connectivity index is 1.39. The highest BCUT2D eigenvalue weighted by atomic mass is 79.9. The van der Waals surface area contributed by atoms with Gasteiger partial charge in [0.05, 0.1) is 18.4 Å². The molecule has 8 nitrogen and oxygen atoms in total. The zero-order valence-corrected chi connectivity index (χ0v) is 18.9. The first-order chi connectivity index (χ1) is 15.4. The summed E-state index contributed by atoms with van der Waals surface area (Å²) in [6, 6.07) is 10.7. The van der Waals surface area contributed by atoms with Gasteiger partial charge in [0.2, 0.25) is 5.91 Å². The second-order valence-electron chi connectivity index (χ2n) is 7.78. The Bertz CT molecular complexity index is 1270. The van der Waals surface area contributed by atoms with Crippen molar-refractivity contribution < 1.29 is 23.9 Å². The minimum atomic E-state index is -0.401. The van der Waals surface area contributed by atoms with E-state index in [0.717, 1.165) is 26.6 Å². The number of halogens is 1. The molecule has 164 valence electrons. The monoisotopic (exact) mass is 497 g/mol. The van der Waals surface area contributed by atoms with E-state index in [9.17, 15) is 14.4 Å². The van der Waals surface area contributed by atoms with Gasteiger partial charge in [0.15, 0.2) is 6.61 Å². The quantitative estimate of drug-likeness (QED) is 0.561. The lowest BCUT2D eigenvalue weighted by Crippen LogP contribution is -2.47. The summed E-state index contributed by atoms with van der Waals surface area (Å²) < 4.78 is 11.2. The summed E-state index contributed by atoms with van der Waals surface area (Å²) in [7, 11) is 1.35. The third-order valence-corrected chi connectivity index (χ3v) is 6.40. The van der Waals surface area contributed by atoms with Crippen LogP contribution >= 0.6 is 15.9 Å². The molecule has 32 heavy (non-hydrogen) atoms. The lowest BCUT2D eigenvalue weighted by atomic mass is 10.0. The number of esters is 1. The van der Waals surface area contributed by atoms with Gasteiger partial charge in [0.1, 0.15) is 12.3 Å². The van der Waals surface area contributed by atoms with Crippen LogP contribution in [0.4, 0.5) is 5.69 Å². The van der Waals surface area contributed by atoms with Crippen molar-refractivity contribution in [1.29, 1.82) is 0 Å². The fraction of sp³-hybridized carbons (Fsp3) is 0.261. The van der Waals surface area contributed by atoms with Crippen molar-refractivity contribution in [3.05, 3.63) is 57.7 Å². The van der Waals surface area contributed by atoms with E-state index in [0.29, 0.717) is 36.5 Å². The molecule has 0 saturated carbocycles. The van der Waals surface area contributed by atoms with Crippen LogP contribution in [0.1, 0.15) is 21.6 Å². The van der Waals surface area contributed by atoms with Gasteiger partial charge in [-0.15, -0.1) is 0 Å². The van der Waals surface area contributed by atoms with Gasteiger partial charge in [-0.05, 0) is 36.4 Å². The molecule has 9 heteroatoms. The number of H-pyrrole nitrogens is 1. The number of benzene rings is 2. The summed E-state index contributed by atoms with van der Waals surface area (Å²) in [5.41, 5.74) is 4.02. The Morgan fingerprint density at radius 2 is 2.06 bits per heavy atom. The van der Waals surface area contributed by atoms with E-state index in [2.05, 4.69) is 20.9 Å². The average molecular weight is 498 g/mol. The molecule has 0 atom stereocenters. The highest BCUT2D eigenvalue weighted by Crippen LogP contribution is 2.35. The summed E-state index contributed by atoms with van der Waals surface area (Å²) in [6.07, 6.45) is 0.671. The second-order valence-corrected chi connectivity index (χ2v) is 8.70. The van der Waals surface area contributed by atoms with Crippen molar-refractivity contribution in [2.24, 2.45) is 0 Å². The Hall–Kier alpha value is -3.33. The number of hydrogen-bond acceptors (Lipinski definition) is 5. The first-order valence-corrected chi connectivity index (χ1v) is 11.0. The maximum Gasteiger partial charge on any atom is 0.337 e. The Kier molecular flexibility index (Phi) is 5.13. The highest BCUT2D eigenvalue weighted by Gasteiger charge is 2.31. The standard InChI is InChI=1S/C23H20BrN3O5/c1-31-23(30)13-2-4-17-15(8-13)16-10-26(7-6-18(16)25-17)21(28)11-27-19-5-3-14(24)9-20(19)32-12-22(27)29/h2-5,8-9,25H,6-7,10-12H2,1H3. The molecule has 2 aliphatic rings. The van der Waals surface area contributed by atoms with Gasteiger partial charge in [-0.25, -0.2) is 4.79 Å². The zero-order chi connectivity index (χ0) is 22.4. The molecule has 0 aliphatic carbocycles. The van der Waals surface area contributed by atoms with E-state index in [1.165, 1.54) is 12.0 Å². The number of ether oxygens (including phenoxy) is 2. The van der Waals surface area contributed by atoms with Crippen molar-refractivity contribution in [3.63, 3.8) is 0 Å². The normalized spacial score (nSPS) is 15.2. The van der Waals surface area contributed by atoms with Crippen molar-refractivity contribution in [3.8, 4) is 5.75 Å². The molecular formula is C23H20BrN3O5. The van der Waals surface area contributed by atoms with Crippen LogP contribution in [0.25, 0.3) is 10.9 Å². The summed E-state index contributed by atoms with van der Waals surface area (Å²) in [6.45, 7) is 0.806. The topological polar surface area (TPSA) is 91.9 Å². The van der Waals surface area contributed by atoms with E-state index in [1.54, 1.807) is 29.2 Å². The Labute approximate surface area is 192 Å². The SMILES string of the molecule is COC(=O)c1ccc2[nH]c3c(c2c1)CN(C(=O)CN1C(=O)COc2cc(Br)ccc21)CC3. The molecule has 3 aromatic rings. The van der Waals surface area contributed by atoms with Crippen LogP contribution in [-0.2, 0) is 27.3 Å². The number of nitrogens with one attached hydrogen (secondary N) is 1. The van der Waals surface area contributed by atoms with Crippen molar-refractivity contribution in [2.45, 2.75) is 13.0 Å². The maximum atomic E-state index is 13.2. The first-order valence-electron chi connectivity index (χ1n) is 10.2. The van der Waals surface area contributed by atoms with E-state index in [-0.39, 0.29) is 25.0 Å². The van der Waals surface area contributed by atoms with Crippen LogP contribution in [0.15, 0.2) is 40.9 Å². The zero-order valence-electron chi connectivity index (χ0n) is 17.3. The fourth-order valence-electron chi connectivity index (χ4n) is 4.26. The van der Waals surface area contributed by atoms with E-state index >= 15 is 0 Å². The predicted molar refractivity (Wildman–Crippen MR) is 121 cm³/mol. The molecule has 2 aliphatic heterocycles. The largest absolute Gasteiger partial charge is 0.482 e. The summed E-state index contributed by atoms with van der Waals surface area (Å²) in [5, 5.41) is 0.901. The van der Waals surface area contributed by atoms with Crippen LogP contribution < -0.4 is 9.64 Å². The molecule has 5 rings (SSSR count). The number of amides is 2. The number of aromatic amines is 1. The highest BCUT2D eigenvalue weighted by molar-refractivity contribution is 9.10. The number of aromatic nitrogens is 1. The van der Waals surface area contributed by atoms with Crippen LogP contribution in [0.5, 0.6) is 5.75 Å². The molecule has 0 bridgehead atoms. The first kappa shape index (κ1) is 20.6. The molecule has 0 unspecified atom stereocenters. The number of carbonyl (C=O) groups excluding carboxylic acids is 3.